The van der Waals surface area contributed by atoms with Gasteiger partial charge in [0.1, 0.15) is 0 Å². The molecule has 0 aromatic heterocycles. The molecule has 0 amide bonds. The Balaban J connectivity index is 2.58. The van der Waals surface area contributed by atoms with Crippen LogP contribution in [0.4, 0.5) is 0 Å². The molecule has 60 valence electrons. The van der Waals surface area contributed by atoms with Crippen molar-refractivity contribution < 1.29 is 4.79 Å². The lowest BCUT2D eigenvalue weighted by molar-refractivity contribution is 0.103. The van der Waals surface area contributed by atoms with Crippen LogP contribution in [0.1, 0.15) is 15.9 Å². The van der Waals surface area contributed by atoms with E-state index in [1.54, 1.807) is 0 Å². The van der Waals surface area contributed by atoms with Gasteiger partial charge in [0.25, 0.3) is 0 Å². The van der Waals surface area contributed by atoms with E-state index in [1.165, 1.54) is 0 Å². The summed E-state index contributed by atoms with van der Waals surface area (Å²) >= 11 is 0. The molecule has 0 saturated carbocycles. The number of hydrogen-bond acceptors (Lipinski definition) is 1. The Morgan fingerprint density at radius 2 is 1.77 bits per heavy atom. The first-order valence-corrected chi connectivity index (χ1v) is 4.19. The maximum Gasteiger partial charge on any atom is 0.176 e. The van der Waals surface area contributed by atoms with E-state index in [4.69, 9.17) is 0 Å². The van der Waals surface area contributed by atoms with E-state index in [0.29, 0.717) is 0 Å². The lowest BCUT2D eigenvalue weighted by Gasteiger charge is -1.98. The summed E-state index contributed by atoms with van der Waals surface area (Å²) in [7, 11) is 0. The molecule has 2 aromatic rings. The van der Waals surface area contributed by atoms with Crippen molar-refractivity contribution in [2.75, 3.05) is 0 Å². The number of hydrogen-bond donors (Lipinski definition) is 0. The summed E-state index contributed by atoms with van der Waals surface area (Å²) in [4.78, 5) is 11.4. The maximum absolute atomic E-state index is 11.4. The van der Waals surface area contributed by atoms with Gasteiger partial charge in [-0.15, -0.1) is 0 Å². The molecular formula is C12H6O. The van der Waals surface area contributed by atoms with Gasteiger partial charge in [-0.3, -0.25) is 4.79 Å². The minimum absolute atomic E-state index is 0.00630. The van der Waals surface area contributed by atoms with E-state index in [0.717, 1.165) is 21.9 Å². The number of rotatable bonds is 0. The van der Waals surface area contributed by atoms with Crippen molar-refractivity contribution >= 4 is 16.6 Å². The molecule has 0 unspecified atom stereocenters. The fraction of sp³-hybridized carbons (Fsp3) is 0. The molecule has 0 fully saturated rings. The largest absolute Gasteiger partial charge is 0.293 e. The van der Waals surface area contributed by atoms with Crippen molar-refractivity contribution in [1.29, 1.82) is 0 Å². The fourth-order valence-electron chi connectivity index (χ4n) is 1.82. The predicted octanol–water partition coefficient (Wildman–Crippen LogP) is 2.47. The number of benzene rings is 2. The van der Waals surface area contributed by atoms with Crippen LogP contribution in [0.5, 0.6) is 0 Å². The highest BCUT2D eigenvalue weighted by Crippen LogP contribution is 2.31. The van der Waals surface area contributed by atoms with Crippen LogP contribution in [0, 0.1) is 6.42 Å². The molecule has 2 aromatic carbocycles. The first kappa shape index (κ1) is 6.84. The molecule has 0 saturated heterocycles. The van der Waals surface area contributed by atoms with Crippen LogP contribution in [0.25, 0.3) is 10.8 Å². The Bertz CT molecular complexity index is 506. The molecule has 0 atom stereocenters. The summed E-state index contributed by atoms with van der Waals surface area (Å²) in [6, 6.07) is 11.7. The van der Waals surface area contributed by atoms with E-state index in [1.807, 2.05) is 36.4 Å². The third-order valence-electron chi connectivity index (χ3n) is 2.40. The molecule has 0 bridgehead atoms. The van der Waals surface area contributed by atoms with E-state index in [2.05, 4.69) is 6.42 Å². The van der Waals surface area contributed by atoms with Gasteiger partial charge >= 0.3 is 0 Å². The summed E-state index contributed by atoms with van der Waals surface area (Å²) < 4.78 is 0. The van der Waals surface area contributed by atoms with Crippen molar-refractivity contribution in [3.05, 3.63) is 53.9 Å². The Morgan fingerprint density at radius 1 is 1.00 bits per heavy atom. The molecule has 0 aliphatic heterocycles. The van der Waals surface area contributed by atoms with Crippen LogP contribution in [0.2, 0.25) is 0 Å². The van der Waals surface area contributed by atoms with Crippen molar-refractivity contribution in [3.8, 4) is 0 Å². The van der Waals surface area contributed by atoms with Crippen LogP contribution in [0.15, 0.2) is 36.4 Å². The Hall–Kier alpha value is -1.63. The quantitative estimate of drug-likeness (QED) is 0.587. The number of ketones is 1. The molecule has 1 nitrogen and oxygen atoms in total. The molecule has 1 aliphatic carbocycles. The molecule has 0 heterocycles. The minimum atomic E-state index is 0.00630. The molecule has 3 rings (SSSR count). The SMILES string of the molecule is O=C1[C]c2cccc3cccc1c23. The van der Waals surface area contributed by atoms with E-state index in [9.17, 15) is 4.79 Å². The molecule has 1 aliphatic rings. The van der Waals surface area contributed by atoms with Crippen LogP contribution in [0.3, 0.4) is 0 Å². The third-order valence-corrected chi connectivity index (χ3v) is 2.40. The maximum atomic E-state index is 11.4. The van der Waals surface area contributed by atoms with E-state index < -0.39 is 0 Å². The Kier molecular flexibility index (Phi) is 1.15. The summed E-state index contributed by atoms with van der Waals surface area (Å²) in [6.45, 7) is 0. The Labute approximate surface area is 76.0 Å². The molecule has 0 N–H and O–H groups in total. The zero-order valence-corrected chi connectivity index (χ0v) is 6.87. The minimum Gasteiger partial charge on any atom is -0.293 e. The van der Waals surface area contributed by atoms with Gasteiger partial charge in [0.2, 0.25) is 0 Å². The standard InChI is InChI=1S/C12H6O/c13-11-7-9-5-1-3-8-4-2-6-10(11)12(8)9/h1-6H. The average Bonchev–Trinajstić information content (AvgIpc) is 2.47. The van der Waals surface area contributed by atoms with Gasteiger partial charge in [0.15, 0.2) is 5.78 Å². The summed E-state index contributed by atoms with van der Waals surface area (Å²) in [6.07, 6.45) is 2.83. The highest BCUT2D eigenvalue weighted by Gasteiger charge is 2.21. The van der Waals surface area contributed by atoms with Gasteiger partial charge in [-0.05, 0) is 16.3 Å². The second-order valence-electron chi connectivity index (χ2n) is 3.16. The van der Waals surface area contributed by atoms with E-state index in [-0.39, 0.29) is 5.78 Å². The second-order valence-corrected chi connectivity index (χ2v) is 3.16. The first-order valence-electron chi connectivity index (χ1n) is 4.19. The smallest absolute Gasteiger partial charge is 0.176 e. The zero-order valence-electron chi connectivity index (χ0n) is 6.87. The van der Waals surface area contributed by atoms with Gasteiger partial charge < -0.3 is 0 Å². The van der Waals surface area contributed by atoms with Crippen molar-refractivity contribution in [1.82, 2.24) is 0 Å². The van der Waals surface area contributed by atoms with Crippen molar-refractivity contribution in [2.24, 2.45) is 0 Å². The number of Topliss-reactive ketones (excluding diaryl/α,β-unsaturated/α-hetero) is 1. The lowest BCUT2D eigenvalue weighted by Crippen LogP contribution is -1.90. The second kappa shape index (κ2) is 2.19. The zero-order chi connectivity index (χ0) is 8.84. The molecule has 1 heteroatoms. The van der Waals surface area contributed by atoms with Gasteiger partial charge in [-0.2, -0.15) is 0 Å². The lowest BCUT2D eigenvalue weighted by atomic mass is 10.1. The summed E-state index contributed by atoms with van der Waals surface area (Å²) in [5.74, 6) is 0.00630. The molecule has 0 spiro atoms. The third kappa shape index (κ3) is 0.788. The van der Waals surface area contributed by atoms with Gasteiger partial charge in [0, 0.05) is 5.56 Å². The topological polar surface area (TPSA) is 17.1 Å². The molecular weight excluding hydrogens is 160 g/mol. The van der Waals surface area contributed by atoms with Gasteiger partial charge in [-0.25, -0.2) is 0 Å². The van der Waals surface area contributed by atoms with Crippen molar-refractivity contribution in [2.45, 2.75) is 0 Å². The highest BCUT2D eigenvalue weighted by atomic mass is 16.1. The van der Waals surface area contributed by atoms with Gasteiger partial charge in [0.05, 0.1) is 6.42 Å². The highest BCUT2D eigenvalue weighted by molar-refractivity contribution is 6.20. The predicted molar refractivity (Wildman–Crippen MR) is 50.6 cm³/mol. The first-order chi connectivity index (χ1) is 6.36. The van der Waals surface area contributed by atoms with Crippen LogP contribution < -0.4 is 0 Å². The summed E-state index contributed by atoms with van der Waals surface area (Å²) in [5, 5.41) is 2.17. The molecule has 13 heavy (non-hydrogen) atoms. The fourth-order valence-corrected chi connectivity index (χ4v) is 1.82. The average molecular weight is 166 g/mol. The molecule has 2 radical (unpaired) electrons. The Morgan fingerprint density at radius 3 is 2.62 bits per heavy atom. The number of carbonyl (C=O) groups excluding carboxylic acids is 1. The monoisotopic (exact) mass is 166 g/mol. The normalized spacial score (nSPS) is 14.0. The van der Waals surface area contributed by atoms with Crippen molar-refractivity contribution in [3.63, 3.8) is 0 Å². The van der Waals surface area contributed by atoms with E-state index >= 15 is 0 Å². The van der Waals surface area contributed by atoms with Gasteiger partial charge in [-0.1, -0.05) is 36.4 Å². The summed E-state index contributed by atoms with van der Waals surface area (Å²) in [5.41, 5.74) is 1.71. The van der Waals surface area contributed by atoms with Crippen LogP contribution >= 0.6 is 0 Å². The number of carbonyl (C=O) groups is 1. The van der Waals surface area contributed by atoms with Crippen LogP contribution in [-0.2, 0) is 0 Å². The van der Waals surface area contributed by atoms with Crippen LogP contribution in [-0.4, -0.2) is 5.78 Å².